The summed E-state index contributed by atoms with van der Waals surface area (Å²) in [5.41, 5.74) is 1.06. The van der Waals surface area contributed by atoms with E-state index in [4.69, 9.17) is 0 Å². The van der Waals surface area contributed by atoms with Gasteiger partial charge >= 0.3 is 5.97 Å². The van der Waals surface area contributed by atoms with E-state index in [0.717, 1.165) is 18.3 Å². The maximum atomic E-state index is 11.6. The minimum atomic E-state index is -0.818. The molecule has 0 fully saturated rings. The predicted octanol–water partition coefficient (Wildman–Crippen LogP) is 2.58. The van der Waals surface area contributed by atoms with E-state index in [1.165, 1.54) is 0 Å². The molecule has 0 saturated carbocycles. The number of aldehydes is 1. The fourth-order valence-electron chi connectivity index (χ4n) is 2.34. The topological polar surface area (TPSA) is 57.6 Å². The second-order valence-corrected chi connectivity index (χ2v) is 5.08. The predicted molar refractivity (Wildman–Crippen MR) is 78.4 cm³/mol. The molecule has 0 aliphatic carbocycles. The molecule has 0 unspecified atom stereocenters. The van der Waals surface area contributed by atoms with Crippen LogP contribution in [0.5, 0.6) is 0 Å². The third-order valence-electron chi connectivity index (χ3n) is 3.59. The van der Waals surface area contributed by atoms with E-state index < -0.39 is 12.0 Å². The number of hydrogen-bond donors (Lipinski definition) is 1. The lowest BCUT2D eigenvalue weighted by Gasteiger charge is -2.32. The van der Waals surface area contributed by atoms with Crippen molar-refractivity contribution < 1.29 is 14.7 Å². The van der Waals surface area contributed by atoms with Gasteiger partial charge in [-0.15, -0.1) is 0 Å². The van der Waals surface area contributed by atoms with E-state index in [2.05, 4.69) is 0 Å². The summed E-state index contributed by atoms with van der Waals surface area (Å²) in [7, 11) is 0. The van der Waals surface area contributed by atoms with Crippen LogP contribution in [-0.4, -0.2) is 34.8 Å². The molecule has 20 heavy (non-hydrogen) atoms. The fourth-order valence-corrected chi connectivity index (χ4v) is 2.34. The van der Waals surface area contributed by atoms with Crippen LogP contribution in [0.3, 0.4) is 0 Å². The first-order valence-electron chi connectivity index (χ1n) is 7.04. The lowest BCUT2D eigenvalue weighted by Crippen LogP contribution is -2.45. The zero-order valence-corrected chi connectivity index (χ0v) is 12.2. The van der Waals surface area contributed by atoms with Gasteiger partial charge < -0.3 is 9.90 Å². The number of nitrogens with zero attached hydrogens (tertiary/aromatic N) is 1. The molecule has 0 spiro atoms. The van der Waals surface area contributed by atoms with Gasteiger partial charge in [-0.2, -0.15) is 0 Å². The van der Waals surface area contributed by atoms with Crippen molar-refractivity contribution in [1.29, 1.82) is 0 Å². The second-order valence-electron chi connectivity index (χ2n) is 5.08. The lowest BCUT2D eigenvalue weighted by atomic mass is 9.97. The van der Waals surface area contributed by atoms with Gasteiger partial charge in [-0.25, -0.2) is 0 Å². The fraction of sp³-hybridized carbons (Fsp3) is 0.500. The maximum absolute atomic E-state index is 11.6. The number of aliphatic carboxylic acids is 1. The van der Waals surface area contributed by atoms with E-state index in [-0.39, 0.29) is 5.92 Å². The van der Waals surface area contributed by atoms with E-state index in [9.17, 15) is 14.7 Å². The maximum Gasteiger partial charge on any atom is 0.321 e. The van der Waals surface area contributed by atoms with Crippen LogP contribution in [0.15, 0.2) is 30.3 Å². The Hall–Kier alpha value is -1.68. The van der Waals surface area contributed by atoms with Crippen molar-refractivity contribution >= 4 is 12.3 Å². The van der Waals surface area contributed by atoms with Crippen molar-refractivity contribution in [2.24, 2.45) is 5.92 Å². The Morgan fingerprint density at radius 3 is 2.50 bits per heavy atom. The summed E-state index contributed by atoms with van der Waals surface area (Å²) in [6.45, 7) is 4.95. The molecule has 0 aliphatic rings. The average Bonchev–Trinajstić information content (AvgIpc) is 2.45. The smallest absolute Gasteiger partial charge is 0.321 e. The Balaban J connectivity index is 2.90. The molecule has 1 rings (SSSR count). The number of carbonyl (C=O) groups excluding carboxylic acids is 1. The molecule has 0 radical (unpaired) electrons. The summed E-state index contributed by atoms with van der Waals surface area (Å²) in [5.74, 6) is -0.774. The molecule has 0 saturated heterocycles. The van der Waals surface area contributed by atoms with E-state index in [1.807, 2.05) is 49.1 Å². The van der Waals surface area contributed by atoms with Crippen LogP contribution in [0, 0.1) is 5.92 Å². The highest BCUT2D eigenvalue weighted by Gasteiger charge is 2.29. The van der Waals surface area contributed by atoms with Crippen LogP contribution in [0.2, 0.25) is 0 Å². The van der Waals surface area contributed by atoms with Gasteiger partial charge in [0.15, 0.2) is 0 Å². The van der Waals surface area contributed by atoms with Crippen LogP contribution in [0.4, 0.5) is 0 Å². The van der Waals surface area contributed by atoms with Gasteiger partial charge in [0, 0.05) is 19.5 Å². The molecule has 0 amide bonds. The largest absolute Gasteiger partial charge is 0.480 e. The molecular weight excluding hydrogens is 254 g/mol. The summed E-state index contributed by atoms with van der Waals surface area (Å²) >= 11 is 0. The second kappa shape index (κ2) is 8.48. The molecule has 0 aliphatic heterocycles. The Bertz CT molecular complexity index is 419. The molecule has 110 valence electrons. The zero-order chi connectivity index (χ0) is 15.0. The average molecular weight is 277 g/mol. The highest BCUT2D eigenvalue weighted by molar-refractivity contribution is 5.74. The summed E-state index contributed by atoms with van der Waals surface area (Å²) in [6, 6.07) is 9.20. The van der Waals surface area contributed by atoms with Crippen LogP contribution >= 0.6 is 0 Å². The molecule has 2 atom stereocenters. The lowest BCUT2D eigenvalue weighted by molar-refractivity contribution is -0.146. The normalized spacial score (nSPS) is 13.9. The van der Waals surface area contributed by atoms with Crippen molar-refractivity contribution in [1.82, 2.24) is 4.90 Å². The first kappa shape index (κ1) is 16.4. The van der Waals surface area contributed by atoms with Crippen molar-refractivity contribution in [2.75, 3.05) is 6.54 Å². The summed E-state index contributed by atoms with van der Waals surface area (Å²) in [5, 5.41) is 9.49. The molecule has 1 aromatic rings. The van der Waals surface area contributed by atoms with E-state index in [0.29, 0.717) is 19.5 Å². The highest BCUT2D eigenvalue weighted by Crippen LogP contribution is 2.18. The Labute approximate surface area is 120 Å². The van der Waals surface area contributed by atoms with Gasteiger partial charge in [0.2, 0.25) is 0 Å². The van der Waals surface area contributed by atoms with Gasteiger partial charge in [0.1, 0.15) is 12.3 Å². The minimum absolute atomic E-state index is 0.0443. The SMILES string of the molecule is CC[C@H](C)[C@@H](C(=O)O)N(CCC=O)Cc1ccccc1. The molecule has 0 aromatic heterocycles. The van der Waals surface area contributed by atoms with E-state index in [1.54, 1.807) is 0 Å². The van der Waals surface area contributed by atoms with Crippen LogP contribution in [0.25, 0.3) is 0 Å². The number of carbonyl (C=O) groups is 2. The minimum Gasteiger partial charge on any atom is -0.480 e. The van der Waals surface area contributed by atoms with Crippen LogP contribution < -0.4 is 0 Å². The first-order chi connectivity index (χ1) is 9.60. The van der Waals surface area contributed by atoms with Gasteiger partial charge in [-0.05, 0) is 11.5 Å². The van der Waals surface area contributed by atoms with Crippen molar-refractivity contribution in [3.05, 3.63) is 35.9 Å². The number of carboxylic acid groups (broad SMARTS) is 1. The van der Waals surface area contributed by atoms with Crippen molar-refractivity contribution in [3.63, 3.8) is 0 Å². The summed E-state index contributed by atoms with van der Waals surface area (Å²) < 4.78 is 0. The van der Waals surface area contributed by atoms with Gasteiger partial charge in [0.05, 0.1) is 0 Å². The molecule has 0 heterocycles. The van der Waals surface area contributed by atoms with Gasteiger partial charge in [-0.1, -0.05) is 50.6 Å². The van der Waals surface area contributed by atoms with E-state index >= 15 is 0 Å². The summed E-state index contributed by atoms with van der Waals surface area (Å²) in [4.78, 5) is 24.1. The van der Waals surface area contributed by atoms with Gasteiger partial charge in [0.25, 0.3) is 0 Å². The number of carboxylic acids is 1. The summed E-state index contributed by atoms with van der Waals surface area (Å²) in [6.07, 6.45) is 1.99. The highest BCUT2D eigenvalue weighted by atomic mass is 16.4. The number of hydrogen-bond acceptors (Lipinski definition) is 3. The monoisotopic (exact) mass is 277 g/mol. The molecular formula is C16H23NO3. The van der Waals surface area contributed by atoms with Crippen molar-refractivity contribution in [2.45, 2.75) is 39.3 Å². The van der Waals surface area contributed by atoms with Crippen molar-refractivity contribution in [3.8, 4) is 0 Å². The van der Waals surface area contributed by atoms with Gasteiger partial charge in [-0.3, -0.25) is 9.69 Å². The van der Waals surface area contributed by atoms with Crippen LogP contribution in [0.1, 0.15) is 32.3 Å². The number of rotatable bonds is 9. The Morgan fingerprint density at radius 1 is 1.35 bits per heavy atom. The molecule has 1 N–H and O–H groups in total. The standard InChI is InChI=1S/C16H23NO3/c1-3-13(2)15(16(19)20)17(10-7-11-18)12-14-8-5-4-6-9-14/h4-6,8-9,11,13,15H,3,7,10,12H2,1-2H3,(H,19,20)/t13-,15-/m0/s1. The Morgan fingerprint density at radius 2 is 2.00 bits per heavy atom. The third kappa shape index (κ3) is 4.78. The molecule has 0 bridgehead atoms. The Kier molecular flexibility index (Phi) is 6.94. The third-order valence-corrected chi connectivity index (χ3v) is 3.59. The molecule has 4 nitrogen and oxygen atoms in total. The molecule has 1 aromatic carbocycles. The molecule has 4 heteroatoms. The van der Waals surface area contributed by atoms with Crippen LogP contribution in [-0.2, 0) is 16.1 Å². The first-order valence-corrected chi connectivity index (χ1v) is 7.04. The quantitative estimate of drug-likeness (QED) is 0.705. The zero-order valence-electron chi connectivity index (χ0n) is 12.2. The number of benzene rings is 1.